The highest BCUT2D eigenvalue weighted by atomic mass is 16.7. The van der Waals surface area contributed by atoms with Crippen LogP contribution < -0.4 is 14.8 Å². The average Bonchev–Trinajstić information content (AvgIpc) is 3.71. The van der Waals surface area contributed by atoms with Crippen LogP contribution in [0.1, 0.15) is 124 Å². The maximum absolute atomic E-state index is 14.1. The van der Waals surface area contributed by atoms with E-state index in [0.29, 0.717) is 23.8 Å². The number of rotatable bonds is 9. The predicted octanol–water partition coefficient (Wildman–Crippen LogP) is 6.02. The molecule has 55 heavy (non-hydrogen) atoms. The topological polar surface area (TPSA) is 168 Å². The molecule has 2 N–H and O–H groups in total. The minimum Gasteiger partial charge on any atom is -0.486 e. The van der Waals surface area contributed by atoms with Crippen molar-refractivity contribution in [2.24, 2.45) is 17.3 Å². The summed E-state index contributed by atoms with van der Waals surface area (Å²) in [6, 6.07) is 2.22. The summed E-state index contributed by atoms with van der Waals surface area (Å²) in [6.45, 7) is 21.8. The van der Waals surface area contributed by atoms with Gasteiger partial charge in [-0.25, -0.2) is 14.4 Å². The highest BCUT2D eigenvalue weighted by Crippen LogP contribution is 2.68. The second kappa shape index (κ2) is 14.1. The molecule has 2 saturated heterocycles. The number of nitrogens with zero attached hydrogens (tertiary/aromatic N) is 1. The Morgan fingerprint density at radius 2 is 1.56 bits per heavy atom. The molecule has 0 radical (unpaired) electrons. The number of benzene rings is 1. The highest BCUT2D eigenvalue weighted by Gasteiger charge is 2.70. The molecule has 6 aliphatic rings. The van der Waals surface area contributed by atoms with Gasteiger partial charge in [-0.2, -0.15) is 0 Å². The summed E-state index contributed by atoms with van der Waals surface area (Å²) in [5.74, 6) is -0.384. The normalized spacial score (nSPS) is 28.9. The molecule has 0 aromatic heterocycles. The number of esters is 1. The lowest BCUT2D eigenvalue weighted by Gasteiger charge is -2.64. The number of hydrogen-bond acceptors (Lipinski definition) is 12. The van der Waals surface area contributed by atoms with Gasteiger partial charge in [-0.1, -0.05) is 19.9 Å². The van der Waals surface area contributed by atoms with E-state index in [0.717, 1.165) is 12.8 Å². The van der Waals surface area contributed by atoms with E-state index in [1.807, 2.05) is 0 Å². The molecule has 2 aliphatic heterocycles. The zero-order valence-corrected chi connectivity index (χ0v) is 34.4. The third-order valence-electron chi connectivity index (χ3n) is 11.5. The average molecular weight is 771 g/mol. The van der Waals surface area contributed by atoms with Crippen LogP contribution in [0, 0.1) is 17.3 Å². The Balaban J connectivity index is 1.24. The number of aliphatic hydroxyl groups is 1. The maximum atomic E-state index is 14.1. The Labute approximate surface area is 324 Å². The van der Waals surface area contributed by atoms with Gasteiger partial charge in [-0.05, 0) is 123 Å². The molecule has 2 amide bonds. The predicted molar refractivity (Wildman–Crippen MR) is 201 cm³/mol. The molecule has 304 valence electrons. The number of aliphatic hydroxyl groups excluding tert-OH is 1. The summed E-state index contributed by atoms with van der Waals surface area (Å²) in [4.78, 5) is 54.3. The van der Waals surface area contributed by atoms with E-state index in [-0.39, 0.29) is 59.0 Å². The third-order valence-corrected chi connectivity index (χ3v) is 11.5. The molecule has 7 rings (SSSR count). The van der Waals surface area contributed by atoms with Gasteiger partial charge in [-0.3, -0.25) is 4.79 Å². The number of likely N-dealkylation sites (tertiary alicyclic amines) is 1. The Hall–Kier alpha value is -3.56. The van der Waals surface area contributed by atoms with Crippen molar-refractivity contribution >= 4 is 31.2 Å². The van der Waals surface area contributed by atoms with Gasteiger partial charge in [0.05, 0.1) is 31.4 Å². The number of alkyl carbamates (subject to hydrolysis) is 1. The standard InChI is InChI=1S/C40H59BN2O12/c1-36(2,3)51-33(46)30-27(49-22-18-43(19-22)32(45)26(20-44)42-34(47)52-37(4,5)6)14-13-23(31(30)50-35(48)53-38(7,8)9)24-17-25(24)41-54-29-16-21-15-28(39(21,10)11)40(29,12)55-41/h13-14,21-22,24-26,28-29,44H,15-20H2,1-12H3,(H,42,47)/t21-,24?,25?,26+,28-,29?,40-/m0/s1. The van der Waals surface area contributed by atoms with Crippen LogP contribution in [-0.2, 0) is 28.3 Å². The van der Waals surface area contributed by atoms with Crippen molar-refractivity contribution in [3.63, 3.8) is 0 Å². The number of carbonyl (C=O) groups is 4. The van der Waals surface area contributed by atoms with Gasteiger partial charge in [0, 0.05) is 5.82 Å². The first-order valence-corrected chi connectivity index (χ1v) is 19.5. The van der Waals surface area contributed by atoms with Crippen molar-refractivity contribution in [1.29, 1.82) is 0 Å². The van der Waals surface area contributed by atoms with Crippen LogP contribution in [0.15, 0.2) is 12.1 Å². The number of nitrogens with one attached hydrogen (secondary N) is 1. The molecule has 7 atom stereocenters. The van der Waals surface area contributed by atoms with Gasteiger partial charge >= 0.3 is 25.3 Å². The quantitative estimate of drug-likeness (QED) is 0.130. The fraction of sp³-hybridized carbons (Fsp3) is 0.750. The van der Waals surface area contributed by atoms with Gasteiger partial charge in [-0.15, -0.1) is 0 Å². The van der Waals surface area contributed by atoms with Gasteiger partial charge in [0.1, 0.15) is 40.3 Å². The zero-order chi connectivity index (χ0) is 40.6. The van der Waals surface area contributed by atoms with Crippen LogP contribution in [0.4, 0.5) is 9.59 Å². The first-order chi connectivity index (χ1) is 25.3. The van der Waals surface area contributed by atoms with Crippen molar-refractivity contribution in [1.82, 2.24) is 10.2 Å². The van der Waals surface area contributed by atoms with Crippen LogP contribution in [0.5, 0.6) is 11.5 Å². The summed E-state index contributed by atoms with van der Waals surface area (Å²) in [5, 5.41) is 12.3. The molecular formula is C40H59BN2O12. The molecule has 14 nitrogen and oxygen atoms in total. The van der Waals surface area contributed by atoms with E-state index in [9.17, 15) is 24.3 Å². The minimum absolute atomic E-state index is 0.00998. The Morgan fingerprint density at radius 3 is 2.15 bits per heavy atom. The monoisotopic (exact) mass is 770 g/mol. The second-order valence-electron chi connectivity index (χ2n) is 19.6. The molecule has 2 bridgehead atoms. The summed E-state index contributed by atoms with van der Waals surface area (Å²) >= 11 is 0. The lowest BCUT2D eigenvalue weighted by atomic mass is 9.43. The van der Waals surface area contributed by atoms with Gasteiger partial charge in [0.15, 0.2) is 5.75 Å². The molecule has 3 unspecified atom stereocenters. The Kier molecular flexibility index (Phi) is 10.6. The van der Waals surface area contributed by atoms with Gasteiger partial charge in [0.2, 0.25) is 5.91 Å². The van der Waals surface area contributed by atoms with Crippen LogP contribution in [0.2, 0.25) is 5.82 Å². The number of carbonyl (C=O) groups excluding carboxylic acids is 4. The molecule has 1 aromatic carbocycles. The van der Waals surface area contributed by atoms with Crippen LogP contribution >= 0.6 is 0 Å². The summed E-state index contributed by atoms with van der Waals surface area (Å²) in [7, 11) is -0.448. The first-order valence-electron chi connectivity index (χ1n) is 19.5. The Morgan fingerprint density at radius 1 is 0.927 bits per heavy atom. The second-order valence-corrected chi connectivity index (χ2v) is 19.6. The fourth-order valence-electron chi connectivity index (χ4n) is 8.64. The van der Waals surface area contributed by atoms with E-state index >= 15 is 0 Å². The van der Waals surface area contributed by atoms with Crippen LogP contribution in [0.3, 0.4) is 0 Å². The van der Waals surface area contributed by atoms with Crippen molar-refractivity contribution in [2.45, 2.75) is 155 Å². The zero-order valence-electron chi connectivity index (χ0n) is 34.4. The summed E-state index contributed by atoms with van der Waals surface area (Å²) in [6.07, 6.45) is 0.402. The molecule has 6 fully saturated rings. The SMILES string of the molecule is CC(C)(C)OC(=O)N[C@H](CO)C(=O)N1CC(Oc2ccc(C3CC3B3OC4C[C@@H]5C[C@@H](C5(C)C)[C@]4(C)O3)c(OC(=O)OC(C)(C)C)c2C(=O)OC(C)(C)C)C1. The van der Waals surface area contributed by atoms with E-state index in [1.165, 1.54) is 4.90 Å². The van der Waals surface area contributed by atoms with Crippen LogP contribution in [-0.4, -0.2) is 102 Å². The van der Waals surface area contributed by atoms with Gasteiger partial charge < -0.3 is 48.3 Å². The smallest absolute Gasteiger partial charge is 0.486 e. The maximum Gasteiger partial charge on any atom is 0.514 e. The summed E-state index contributed by atoms with van der Waals surface area (Å²) < 4.78 is 42.3. The minimum atomic E-state index is -1.22. The number of hydrogen-bond donors (Lipinski definition) is 2. The van der Waals surface area contributed by atoms with E-state index in [2.05, 4.69) is 26.1 Å². The molecule has 15 heteroatoms. The molecular weight excluding hydrogens is 711 g/mol. The molecule has 0 spiro atoms. The van der Waals surface area contributed by atoms with E-state index < -0.39 is 66.8 Å². The largest absolute Gasteiger partial charge is 0.514 e. The van der Waals surface area contributed by atoms with E-state index in [4.69, 9.17) is 33.0 Å². The highest BCUT2D eigenvalue weighted by molar-refractivity contribution is 6.49. The fourth-order valence-corrected chi connectivity index (χ4v) is 8.64. The third kappa shape index (κ3) is 8.58. The number of amides is 2. The summed E-state index contributed by atoms with van der Waals surface area (Å²) in [5.41, 5.74) is -2.23. The van der Waals surface area contributed by atoms with Gasteiger partial charge in [0.25, 0.3) is 0 Å². The van der Waals surface area contributed by atoms with Crippen LogP contribution in [0.25, 0.3) is 0 Å². The number of ether oxygens (including phenoxy) is 5. The molecule has 4 aliphatic carbocycles. The molecule has 4 saturated carbocycles. The first kappa shape index (κ1) is 41.1. The lowest BCUT2D eigenvalue weighted by Crippen LogP contribution is -2.65. The van der Waals surface area contributed by atoms with Crippen molar-refractivity contribution in [3.8, 4) is 11.5 Å². The Bertz CT molecular complexity index is 1690. The van der Waals surface area contributed by atoms with Crippen molar-refractivity contribution in [3.05, 3.63) is 23.3 Å². The molecule has 1 aromatic rings. The lowest BCUT2D eigenvalue weighted by molar-refractivity contribution is -0.199. The van der Waals surface area contributed by atoms with Crippen molar-refractivity contribution in [2.75, 3.05) is 19.7 Å². The van der Waals surface area contributed by atoms with Crippen molar-refractivity contribution < 1.29 is 57.3 Å². The molecule has 2 heterocycles. The van der Waals surface area contributed by atoms with E-state index in [1.54, 1.807) is 74.4 Å².